The van der Waals surface area contributed by atoms with Crippen molar-refractivity contribution in [3.05, 3.63) is 68.7 Å². The minimum Gasteiger partial charge on any atom is -0.479 e. The molecule has 0 radical (unpaired) electrons. The zero-order valence-corrected chi connectivity index (χ0v) is 18.5. The fourth-order valence-corrected chi connectivity index (χ4v) is 3.20. The molecule has 0 bridgehead atoms. The van der Waals surface area contributed by atoms with Gasteiger partial charge in [-0.3, -0.25) is 4.79 Å². The number of halogens is 1. The number of aromatic nitrogens is 2. The summed E-state index contributed by atoms with van der Waals surface area (Å²) in [5, 5.41) is 14.0. The molecule has 0 fully saturated rings. The van der Waals surface area contributed by atoms with Gasteiger partial charge in [-0.25, -0.2) is 9.78 Å². The molecule has 8 heteroatoms. The topological polar surface area (TPSA) is 93.8 Å². The predicted octanol–water partition coefficient (Wildman–Crippen LogP) is 4.41. The Bertz CT molecular complexity index is 1170. The van der Waals surface area contributed by atoms with E-state index in [4.69, 9.17) is 9.84 Å². The number of benzene rings is 2. The number of rotatable bonds is 7. The summed E-state index contributed by atoms with van der Waals surface area (Å²) in [5.41, 5.74) is 0.899. The molecule has 0 aliphatic rings. The van der Waals surface area contributed by atoms with Crippen LogP contribution < -0.4 is 10.3 Å². The van der Waals surface area contributed by atoms with Gasteiger partial charge in [-0.05, 0) is 43.7 Å². The van der Waals surface area contributed by atoms with Crippen LogP contribution in [0, 0.1) is 0 Å². The first-order valence-electron chi connectivity index (χ1n) is 9.56. The quantitative estimate of drug-likeness (QED) is 0.515. The number of fused-ring (bicyclic) bond motifs is 1. The molecule has 0 amide bonds. The monoisotopic (exact) mass is 471 g/mol. The average Bonchev–Trinajstić information content (AvgIpc) is 2.73. The first-order valence-corrected chi connectivity index (χ1v) is 10.4. The third-order valence-electron chi connectivity index (χ3n) is 4.77. The predicted molar refractivity (Wildman–Crippen MR) is 120 cm³/mol. The summed E-state index contributed by atoms with van der Waals surface area (Å²) in [4.78, 5) is 29.0. The second-order valence-electron chi connectivity index (χ2n) is 6.94. The van der Waals surface area contributed by atoms with Crippen molar-refractivity contribution in [3.63, 3.8) is 0 Å². The van der Waals surface area contributed by atoms with Crippen molar-refractivity contribution in [1.82, 2.24) is 9.66 Å². The standard InChI is InChI=1S/C22H22BrN3O4/c1-4-13(2)20-25-18-10-9-16(23)11-17(18)21(27)26(20)24-12-15-7-5-6-8-19(15)30-14(3)22(28)29/h5-14H,4H2,1-3H3,(H,28,29)/t13-,14-/m0/s1. The minimum absolute atomic E-state index is 0.0152. The van der Waals surface area contributed by atoms with E-state index in [1.807, 2.05) is 19.9 Å². The largest absolute Gasteiger partial charge is 0.479 e. The normalized spacial score (nSPS) is 13.5. The van der Waals surface area contributed by atoms with Crippen molar-refractivity contribution >= 4 is 39.0 Å². The van der Waals surface area contributed by atoms with E-state index in [-0.39, 0.29) is 11.5 Å². The lowest BCUT2D eigenvalue weighted by Crippen LogP contribution is -2.24. The lowest BCUT2D eigenvalue weighted by Gasteiger charge is -2.15. The van der Waals surface area contributed by atoms with Crippen LogP contribution >= 0.6 is 15.9 Å². The highest BCUT2D eigenvalue weighted by molar-refractivity contribution is 9.10. The van der Waals surface area contributed by atoms with Gasteiger partial charge in [0.1, 0.15) is 11.6 Å². The van der Waals surface area contributed by atoms with E-state index in [1.54, 1.807) is 36.4 Å². The van der Waals surface area contributed by atoms with Gasteiger partial charge in [0.2, 0.25) is 0 Å². The van der Waals surface area contributed by atoms with E-state index in [2.05, 4.69) is 26.0 Å². The maximum Gasteiger partial charge on any atom is 0.344 e. The van der Waals surface area contributed by atoms with Gasteiger partial charge < -0.3 is 9.84 Å². The molecular formula is C22H22BrN3O4. The molecule has 0 saturated carbocycles. The molecule has 0 aliphatic carbocycles. The highest BCUT2D eigenvalue weighted by Gasteiger charge is 2.17. The first-order chi connectivity index (χ1) is 14.3. The smallest absolute Gasteiger partial charge is 0.344 e. The van der Waals surface area contributed by atoms with Crippen LogP contribution in [-0.4, -0.2) is 33.1 Å². The van der Waals surface area contributed by atoms with Crippen LogP contribution in [0.1, 0.15) is 44.5 Å². The van der Waals surface area contributed by atoms with E-state index in [0.29, 0.717) is 28.0 Å². The van der Waals surface area contributed by atoms with Gasteiger partial charge in [0.05, 0.1) is 17.1 Å². The number of aliphatic carboxylic acids is 1. The Kier molecular flexibility index (Phi) is 6.66. The van der Waals surface area contributed by atoms with Crippen LogP contribution in [0.25, 0.3) is 10.9 Å². The fourth-order valence-electron chi connectivity index (χ4n) is 2.83. The van der Waals surface area contributed by atoms with Crippen molar-refractivity contribution in [1.29, 1.82) is 0 Å². The molecule has 156 valence electrons. The Labute approximate surface area is 182 Å². The van der Waals surface area contributed by atoms with Gasteiger partial charge in [-0.15, -0.1) is 0 Å². The van der Waals surface area contributed by atoms with Crippen LogP contribution in [0.4, 0.5) is 0 Å². The SMILES string of the molecule is CC[C@H](C)c1nc2ccc(Br)cc2c(=O)n1N=Cc1ccccc1O[C@@H](C)C(=O)O. The van der Waals surface area contributed by atoms with E-state index >= 15 is 0 Å². The van der Waals surface area contributed by atoms with Gasteiger partial charge in [-0.1, -0.05) is 41.9 Å². The second kappa shape index (κ2) is 9.21. The molecule has 0 saturated heterocycles. The third-order valence-corrected chi connectivity index (χ3v) is 5.26. The lowest BCUT2D eigenvalue weighted by atomic mass is 10.1. The number of ether oxygens (including phenoxy) is 1. The molecule has 30 heavy (non-hydrogen) atoms. The van der Waals surface area contributed by atoms with Crippen molar-refractivity contribution in [2.24, 2.45) is 5.10 Å². The van der Waals surface area contributed by atoms with Crippen LogP contribution in [0.15, 0.2) is 56.8 Å². The second-order valence-corrected chi connectivity index (χ2v) is 7.85. The molecule has 0 aliphatic heterocycles. The van der Waals surface area contributed by atoms with E-state index in [1.165, 1.54) is 17.8 Å². The summed E-state index contributed by atoms with van der Waals surface area (Å²) >= 11 is 3.39. The van der Waals surface area contributed by atoms with Crippen molar-refractivity contribution < 1.29 is 14.6 Å². The summed E-state index contributed by atoms with van der Waals surface area (Å²) < 4.78 is 7.60. The van der Waals surface area contributed by atoms with Crippen molar-refractivity contribution in [2.45, 2.75) is 39.2 Å². The summed E-state index contributed by atoms with van der Waals surface area (Å²) in [6.45, 7) is 5.46. The molecule has 3 rings (SSSR count). The van der Waals surface area contributed by atoms with Gasteiger partial charge >= 0.3 is 5.97 Å². The fraction of sp³-hybridized carbons (Fsp3) is 0.273. The number of carboxylic acid groups (broad SMARTS) is 1. The Morgan fingerprint density at radius 2 is 2.03 bits per heavy atom. The Morgan fingerprint density at radius 1 is 1.30 bits per heavy atom. The lowest BCUT2D eigenvalue weighted by molar-refractivity contribution is -0.144. The zero-order valence-electron chi connectivity index (χ0n) is 16.9. The molecule has 2 atom stereocenters. The minimum atomic E-state index is -1.07. The van der Waals surface area contributed by atoms with Crippen LogP contribution in [0.3, 0.4) is 0 Å². The van der Waals surface area contributed by atoms with Crippen LogP contribution in [0.2, 0.25) is 0 Å². The van der Waals surface area contributed by atoms with Crippen molar-refractivity contribution in [2.75, 3.05) is 0 Å². The summed E-state index contributed by atoms with van der Waals surface area (Å²) in [6, 6.07) is 12.3. The summed E-state index contributed by atoms with van der Waals surface area (Å²) in [5.74, 6) is -0.126. The maximum atomic E-state index is 13.2. The van der Waals surface area contributed by atoms with Crippen LogP contribution in [0.5, 0.6) is 5.75 Å². The zero-order chi connectivity index (χ0) is 21.8. The van der Waals surface area contributed by atoms with Gasteiger partial charge in [-0.2, -0.15) is 9.78 Å². The van der Waals surface area contributed by atoms with E-state index < -0.39 is 12.1 Å². The Balaban J connectivity index is 2.11. The van der Waals surface area contributed by atoms with Crippen molar-refractivity contribution in [3.8, 4) is 5.75 Å². The number of carbonyl (C=O) groups is 1. The molecule has 2 aromatic carbocycles. The molecule has 1 aromatic heterocycles. The number of nitrogens with zero attached hydrogens (tertiary/aromatic N) is 3. The third kappa shape index (κ3) is 4.59. The number of hydrogen-bond donors (Lipinski definition) is 1. The molecule has 7 nitrogen and oxygen atoms in total. The molecular weight excluding hydrogens is 450 g/mol. The Hall–Kier alpha value is -3.00. The Morgan fingerprint density at radius 3 is 2.73 bits per heavy atom. The first kappa shape index (κ1) is 21.7. The van der Waals surface area contributed by atoms with E-state index in [9.17, 15) is 9.59 Å². The van der Waals surface area contributed by atoms with Gasteiger partial charge in [0.15, 0.2) is 6.10 Å². The highest BCUT2D eigenvalue weighted by atomic mass is 79.9. The number of carboxylic acids is 1. The molecule has 0 unspecified atom stereocenters. The number of para-hydroxylation sites is 1. The molecule has 0 spiro atoms. The molecule has 1 N–H and O–H groups in total. The molecule has 1 heterocycles. The summed E-state index contributed by atoms with van der Waals surface area (Å²) in [7, 11) is 0. The van der Waals surface area contributed by atoms with E-state index in [0.717, 1.165) is 10.9 Å². The maximum absolute atomic E-state index is 13.2. The molecule has 3 aromatic rings. The highest BCUT2D eigenvalue weighted by Crippen LogP contribution is 2.22. The van der Waals surface area contributed by atoms with Crippen LogP contribution in [-0.2, 0) is 4.79 Å². The van der Waals surface area contributed by atoms with Gasteiger partial charge in [0, 0.05) is 16.0 Å². The number of hydrogen-bond acceptors (Lipinski definition) is 5. The average molecular weight is 472 g/mol. The van der Waals surface area contributed by atoms with Gasteiger partial charge in [0.25, 0.3) is 5.56 Å². The summed E-state index contributed by atoms with van der Waals surface area (Å²) in [6.07, 6.45) is 1.26.